The zero-order valence-electron chi connectivity index (χ0n) is 9.46. The van der Waals surface area contributed by atoms with Gasteiger partial charge >= 0.3 is 5.97 Å². The van der Waals surface area contributed by atoms with Crippen LogP contribution in [0.15, 0.2) is 23.0 Å². The molecule has 1 fully saturated rings. The molecule has 0 saturated carbocycles. The molecule has 1 atom stereocenters. The molecule has 2 N–H and O–H groups in total. The number of pyridine rings is 1. The van der Waals surface area contributed by atoms with Gasteiger partial charge in [0, 0.05) is 12.6 Å². The summed E-state index contributed by atoms with van der Waals surface area (Å²) in [6, 6.07) is 3.15. The number of ether oxygens (including phenoxy) is 1. The fourth-order valence-electron chi connectivity index (χ4n) is 1.78. The molecule has 0 aliphatic carbocycles. The molecule has 2 rings (SSSR count). The molecule has 1 unspecified atom stereocenters. The molecule has 1 saturated heterocycles. The first-order chi connectivity index (χ1) is 8.59. The number of morpholine rings is 1. The lowest BCUT2D eigenvalue weighted by Gasteiger charge is -2.32. The van der Waals surface area contributed by atoms with Crippen LogP contribution in [0, 0.1) is 0 Å². The molecule has 1 amide bonds. The van der Waals surface area contributed by atoms with Crippen LogP contribution < -0.4 is 5.56 Å². The lowest BCUT2D eigenvalue weighted by Crippen LogP contribution is -2.52. The molecule has 0 bridgehead atoms. The number of nitrogens with one attached hydrogen (secondary N) is 1. The van der Waals surface area contributed by atoms with Crippen LogP contribution in [0.3, 0.4) is 0 Å². The summed E-state index contributed by atoms with van der Waals surface area (Å²) in [5.41, 5.74) is -0.323. The first kappa shape index (κ1) is 12.3. The van der Waals surface area contributed by atoms with Crippen molar-refractivity contribution in [3.63, 3.8) is 0 Å². The van der Waals surface area contributed by atoms with E-state index in [-0.39, 0.29) is 25.5 Å². The molecule has 2 heterocycles. The zero-order chi connectivity index (χ0) is 13.1. The average molecular weight is 252 g/mol. The van der Waals surface area contributed by atoms with E-state index in [0.29, 0.717) is 0 Å². The van der Waals surface area contributed by atoms with Crippen LogP contribution >= 0.6 is 0 Å². The van der Waals surface area contributed by atoms with Crippen molar-refractivity contribution >= 4 is 11.9 Å². The summed E-state index contributed by atoms with van der Waals surface area (Å²) in [6.45, 7) is 0.428. The Labute approximate surface area is 102 Å². The van der Waals surface area contributed by atoms with E-state index in [1.807, 2.05) is 0 Å². The van der Waals surface area contributed by atoms with Gasteiger partial charge in [-0.25, -0.2) is 4.79 Å². The predicted molar refractivity (Wildman–Crippen MR) is 60.3 cm³/mol. The number of nitrogens with zero attached hydrogens (tertiary/aromatic N) is 1. The van der Waals surface area contributed by atoms with Crippen LogP contribution in [0.5, 0.6) is 0 Å². The van der Waals surface area contributed by atoms with Gasteiger partial charge in [0.05, 0.1) is 13.2 Å². The number of aromatic amines is 1. The van der Waals surface area contributed by atoms with Gasteiger partial charge in [-0.05, 0) is 6.07 Å². The van der Waals surface area contributed by atoms with Gasteiger partial charge < -0.3 is 19.7 Å². The summed E-state index contributed by atoms with van der Waals surface area (Å²) in [6.07, 6.45) is 0. The molecule has 0 aromatic carbocycles. The molecule has 7 nitrogen and oxygen atoms in total. The van der Waals surface area contributed by atoms with Gasteiger partial charge in [-0.15, -0.1) is 0 Å². The number of hydrogen-bond donors (Lipinski definition) is 2. The standard InChI is InChI=1S/C11H12N2O5/c14-9-3-1-2-7(12-9)10(15)13-4-5-18-6-8(13)11(16)17/h1-3,8H,4-6H2,(H,12,14)(H,16,17). The number of aromatic nitrogens is 1. The summed E-state index contributed by atoms with van der Waals surface area (Å²) in [5.74, 6) is -1.63. The molecule has 1 aromatic heterocycles. The van der Waals surface area contributed by atoms with E-state index in [4.69, 9.17) is 9.84 Å². The minimum Gasteiger partial charge on any atom is -0.480 e. The molecule has 1 aromatic rings. The first-order valence-electron chi connectivity index (χ1n) is 5.40. The summed E-state index contributed by atoms with van der Waals surface area (Å²) in [4.78, 5) is 37.8. The number of rotatable bonds is 2. The normalized spacial score (nSPS) is 19.6. The van der Waals surface area contributed by atoms with Gasteiger partial charge in [0.2, 0.25) is 5.56 Å². The van der Waals surface area contributed by atoms with Gasteiger partial charge in [-0.3, -0.25) is 9.59 Å². The number of aliphatic carboxylic acids is 1. The molecule has 1 aliphatic heterocycles. The summed E-state index contributed by atoms with van der Waals surface area (Å²) in [5, 5.41) is 9.01. The molecular weight excluding hydrogens is 240 g/mol. The van der Waals surface area contributed by atoms with E-state index < -0.39 is 23.5 Å². The highest BCUT2D eigenvalue weighted by atomic mass is 16.5. The van der Waals surface area contributed by atoms with E-state index in [1.165, 1.54) is 23.1 Å². The van der Waals surface area contributed by atoms with Crippen molar-refractivity contribution in [1.29, 1.82) is 0 Å². The van der Waals surface area contributed by atoms with Crippen LogP contribution in [-0.2, 0) is 9.53 Å². The second kappa shape index (κ2) is 5.01. The van der Waals surface area contributed by atoms with Gasteiger partial charge in [0.25, 0.3) is 5.91 Å². The van der Waals surface area contributed by atoms with Crippen molar-refractivity contribution in [3.8, 4) is 0 Å². The highest BCUT2D eigenvalue weighted by Gasteiger charge is 2.33. The maximum atomic E-state index is 12.1. The van der Waals surface area contributed by atoms with Crippen LogP contribution in [0.25, 0.3) is 0 Å². The van der Waals surface area contributed by atoms with E-state index in [9.17, 15) is 14.4 Å². The molecule has 0 radical (unpaired) electrons. The number of carbonyl (C=O) groups is 2. The van der Waals surface area contributed by atoms with Crippen molar-refractivity contribution < 1.29 is 19.4 Å². The number of H-pyrrole nitrogens is 1. The quantitative estimate of drug-likeness (QED) is 0.725. The maximum absolute atomic E-state index is 12.1. The van der Waals surface area contributed by atoms with E-state index in [1.54, 1.807) is 0 Å². The van der Waals surface area contributed by atoms with Crippen molar-refractivity contribution in [2.75, 3.05) is 19.8 Å². The van der Waals surface area contributed by atoms with Gasteiger partial charge in [-0.2, -0.15) is 0 Å². The van der Waals surface area contributed by atoms with E-state index in [2.05, 4.69) is 4.98 Å². The molecule has 18 heavy (non-hydrogen) atoms. The van der Waals surface area contributed by atoms with E-state index in [0.717, 1.165) is 0 Å². The number of carbonyl (C=O) groups excluding carboxylic acids is 1. The Morgan fingerprint density at radius 2 is 2.22 bits per heavy atom. The Bertz CT molecular complexity index is 524. The Hall–Kier alpha value is -2.15. The fourth-order valence-corrected chi connectivity index (χ4v) is 1.78. The summed E-state index contributed by atoms with van der Waals surface area (Å²) in [7, 11) is 0. The third kappa shape index (κ3) is 2.40. The third-order valence-electron chi connectivity index (χ3n) is 2.67. The fraction of sp³-hybridized carbons (Fsp3) is 0.364. The van der Waals surface area contributed by atoms with Gasteiger partial charge in [0.15, 0.2) is 6.04 Å². The van der Waals surface area contributed by atoms with Crippen molar-refractivity contribution in [3.05, 3.63) is 34.2 Å². The molecule has 7 heteroatoms. The summed E-state index contributed by atoms with van der Waals surface area (Å²) < 4.78 is 5.04. The van der Waals surface area contributed by atoms with Gasteiger partial charge in [0.1, 0.15) is 5.69 Å². The summed E-state index contributed by atoms with van der Waals surface area (Å²) >= 11 is 0. The Kier molecular flexibility index (Phi) is 3.42. The first-order valence-corrected chi connectivity index (χ1v) is 5.40. The second-order valence-corrected chi connectivity index (χ2v) is 3.86. The third-order valence-corrected chi connectivity index (χ3v) is 2.67. The highest BCUT2D eigenvalue weighted by Crippen LogP contribution is 2.10. The van der Waals surface area contributed by atoms with Crippen molar-refractivity contribution in [2.45, 2.75) is 6.04 Å². The molecule has 96 valence electrons. The SMILES string of the molecule is O=C(O)C1COCCN1C(=O)c1cccc(=O)[nH]1. The monoisotopic (exact) mass is 252 g/mol. The predicted octanol–water partition coefficient (Wildman–Crippen LogP) is -0.700. The average Bonchev–Trinajstić information content (AvgIpc) is 2.38. The smallest absolute Gasteiger partial charge is 0.328 e. The molecule has 0 spiro atoms. The van der Waals surface area contributed by atoms with Crippen molar-refractivity contribution in [1.82, 2.24) is 9.88 Å². The van der Waals surface area contributed by atoms with Crippen LogP contribution in [0.1, 0.15) is 10.5 Å². The number of carboxylic acid groups (broad SMARTS) is 1. The van der Waals surface area contributed by atoms with Crippen molar-refractivity contribution in [2.24, 2.45) is 0 Å². The van der Waals surface area contributed by atoms with Crippen LogP contribution in [0.4, 0.5) is 0 Å². The number of hydrogen-bond acceptors (Lipinski definition) is 4. The Morgan fingerprint density at radius 1 is 1.44 bits per heavy atom. The minimum absolute atomic E-state index is 0.0435. The lowest BCUT2D eigenvalue weighted by molar-refractivity contribution is -0.147. The molecular formula is C11H12N2O5. The number of amides is 1. The highest BCUT2D eigenvalue weighted by molar-refractivity contribution is 5.95. The van der Waals surface area contributed by atoms with E-state index >= 15 is 0 Å². The zero-order valence-corrected chi connectivity index (χ0v) is 9.46. The lowest BCUT2D eigenvalue weighted by atomic mass is 10.2. The van der Waals surface area contributed by atoms with Crippen LogP contribution in [0.2, 0.25) is 0 Å². The minimum atomic E-state index is -1.12. The number of carboxylic acids is 1. The Morgan fingerprint density at radius 3 is 2.89 bits per heavy atom. The molecule has 1 aliphatic rings. The topological polar surface area (TPSA) is 99.7 Å². The Balaban J connectivity index is 2.26. The largest absolute Gasteiger partial charge is 0.480 e. The second-order valence-electron chi connectivity index (χ2n) is 3.86. The van der Waals surface area contributed by atoms with Crippen LogP contribution in [-0.4, -0.2) is 52.7 Å². The maximum Gasteiger partial charge on any atom is 0.328 e. The van der Waals surface area contributed by atoms with Gasteiger partial charge in [-0.1, -0.05) is 6.07 Å².